The van der Waals surface area contributed by atoms with Crippen LogP contribution in [0, 0.1) is 0 Å². The number of amides is 3. The summed E-state index contributed by atoms with van der Waals surface area (Å²) in [5.74, 6) is -0.388. The molecule has 1 aromatic heterocycles. The molecule has 0 radical (unpaired) electrons. The van der Waals surface area contributed by atoms with E-state index in [0.717, 1.165) is 26.9 Å². The van der Waals surface area contributed by atoms with Crippen LogP contribution in [0.2, 0.25) is 0 Å². The van der Waals surface area contributed by atoms with E-state index in [-0.39, 0.29) is 11.6 Å². The molecule has 6 rings (SSSR count). The molecule has 0 bridgehead atoms. The smallest absolute Gasteiger partial charge is 0.272 e. The highest BCUT2D eigenvalue weighted by molar-refractivity contribution is 8.00. The van der Waals surface area contributed by atoms with E-state index in [1.54, 1.807) is 67.8 Å². The highest BCUT2D eigenvalue weighted by Crippen LogP contribution is 2.31. The molecule has 5 aromatic carbocycles. The van der Waals surface area contributed by atoms with Crippen LogP contribution in [0.15, 0.2) is 137 Å². The van der Waals surface area contributed by atoms with Crippen molar-refractivity contribution in [3.8, 4) is 17.0 Å². The zero-order valence-corrected chi connectivity index (χ0v) is 29.0. The van der Waals surface area contributed by atoms with Crippen LogP contribution < -0.4 is 20.7 Å². The Morgan fingerprint density at radius 1 is 0.840 bits per heavy atom. The van der Waals surface area contributed by atoms with Gasteiger partial charge in [0.1, 0.15) is 11.4 Å². The van der Waals surface area contributed by atoms with Crippen LogP contribution in [0.1, 0.15) is 29.3 Å². The highest BCUT2D eigenvalue weighted by atomic mass is 32.2. The first-order valence-electron chi connectivity index (χ1n) is 15.9. The van der Waals surface area contributed by atoms with E-state index in [0.29, 0.717) is 34.1 Å². The first-order valence-corrected chi connectivity index (χ1v) is 17.7. The second-order valence-electron chi connectivity index (χ2n) is 11.2. The summed E-state index contributed by atoms with van der Waals surface area (Å²) in [7, 11) is 1.58. The summed E-state index contributed by atoms with van der Waals surface area (Å²) in [4.78, 5) is 45.5. The van der Waals surface area contributed by atoms with E-state index in [2.05, 4.69) is 45.2 Å². The minimum atomic E-state index is -0.497. The van der Waals surface area contributed by atoms with Gasteiger partial charge in [-0.15, -0.1) is 23.1 Å². The zero-order valence-electron chi connectivity index (χ0n) is 27.4. The van der Waals surface area contributed by atoms with E-state index >= 15 is 0 Å². The number of benzene rings is 5. The van der Waals surface area contributed by atoms with Crippen LogP contribution >= 0.6 is 23.1 Å². The Labute approximate surface area is 298 Å². The average molecular weight is 699 g/mol. The van der Waals surface area contributed by atoms with E-state index in [1.165, 1.54) is 23.1 Å². The Morgan fingerprint density at radius 3 is 2.36 bits per heavy atom. The molecule has 0 fully saturated rings. The van der Waals surface area contributed by atoms with Crippen molar-refractivity contribution in [3.63, 3.8) is 0 Å². The normalized spacial score (nSPS) is 11.8. The number of hydrogen-bond acceptors (Lipinski definition) is 7. The largest absolute Gasteiger partial charge is 0.497 e. The van der Waals surface area contributed by atoms with E-state index in [9.17, 15) is 14.4 Å². The Hall–Kier alpha value is -5.71. The molecule has 1 heterocycles. The van der Waals surface area contributed by atoms with Crippen LogP contribution in [-0.2, 0) is 9.59 Å². The van der Waals surface area contributed by atoms with Crippen molar-refractivity contribution in [2.45, 2.75) is 23.5 Å². The van der Waals surface area contributed by atoms with Gasteiger partial charge in [-0.2, -0.15) is 0 Å². The van der Waals surface area contributed by atoms with Crippen molar-refractivity contribution < 1.29 is 19.1 Å². The third kappa shape index (κ3) is 8.65. The van der Waals surface area contributed by atoms with Crippen LogP contribution in [0.25, 0.3) is 28.1 Å². The van der Waals surface area contributed by atoms with Crippen molar-refractivity contribution >= 4 is 68.5 Å². The molecule has 3 amide bonds. The van der Waals surface area contributed by atoms with Gasteiger partial charge in [-0.1, -0.05) is 79.7 Å². The number of methoxy groups -OCH3 is 1. The number of thiazole rings is 1. The van der Waals surface area contributed by atoms with Gasteiger partial charge >= 0.3 is 0 Å². The molecule has 3 N–H and O–H groups in total. The summed E-state index contributed by atoms with van der Waals surface area (Å²) >= 11 is 2.79. The van der Waals surface area contributed by atoms with Gasteiger partial charge in [-0.05, 0) is 77.4 Å². The first kappa shape index (κ1) is 34.2. The molecular weight excluding hydrogens is 665 g/mol. The average Bonchev–Trinajstić information content (AvgIpc) is 3.62. The molecule has 0 saturated carbocycles. The molecule has 0 spiro atoms. The lowest BCUT2D eigenvalue weighted by Crippen LogP contribution is -2.30. The Morgan fingerprint density at radius 2 is 1.60 bits per heavy atom. The summed E-state index contributed by atoms with van der Waals surface area (Å²) in [5, 5.41) is 13.0. The second-order valence-corrected chi connectivity index (χ2v) is 13.4. The minimum Gasteiger partial charge on any atom is -0.497 e. The van der Waals surface area contributed by atoms with Crippen molar-refractivity contribution in [1.29, 1.82) is 0 Å². The van der Waals surface area contributed by atoms with Crippen LogP contribution in [0.5, 0.6) is 5.75 Å². The lowest BCUT2D eigenvalue weighted by molar-refractivity contribution is -0.116. The third-order valence-electron chi connectivity index (χ3n) is 7.77. The maximum Gasteiger partial charge on any atom is 0.272 e. The number of nitrogens with one attached hydrogen (secondary N) is 3. The van der Waals surface area contributed by atoms with Crippen LogP contribution in [0.3, 0.4) is 0 Å². The van der Waals surface area contributed by atoms with Crippen molar-refractivity contribution in [2.75, 3.05) is 17.7 Å². The molecule has 1 unspecified atom stereocenters. The highest BCUT2D eigenvalue weighted by Gasteiger charge is 2.21. The van der Waals surface area contributed by atoms with Gasteiger partial charge in [0.05, 0.1) is 18.1 Å². The van der Waals surface area contributed by atoms with Gasteiger partial charge in [-0.25, -0.2) is 4.98 Å². The molecule has 0 aliphatic rings. The maximum atomic E-state index is 13.6. The first-order chi connectivity index (χ1) is 24.4. The summed E-state index contributed by atoms with van der Waals surface area (Å²) < 4.78 is 5.24. The molecule has 0 saturated heterocycles. The molecule has 1 atom stereocenters. The molecule has 0 aliphatic carbocycles. The quantitative estimate of drug-likeness (QED) is 0.0870. The Balaban J connectivity index is 1.13. The van der Waals surface area contributed by atoms with E-state index < -0.39 is 17.1 Å². The van der Waals surface area contributed by atoms with Crippen LogP contribution in [0.4, 0.5) is 10.8 Å². The molecular formula is C40H34N4O4S2. The zero-order chi connectivity index (χ0) is 34.9. The van der Waals surface area contributed by atoms with Gasteiger partial charge in [0.25, 0.3) is 11.8 Å². The van der Waals surface area contributed by atoms with Crippen molar-refractivity contribution in [1.82, 2.24) is 10.3 Å². The topological polar surface area (TPSA) is 109 Å². The summed E-state index contributed by atoms with van der Waals surface area (Å²) in [6, 6.07) is 37.5. The monoisotopic (exact) mass is 698 g/mol. The number of nitrogens with zero attached hydrogens (tertiary/aromatic N) is 1. The number of carbonyl (C=O) groups excluding carboxylic acids is 3. The SMILES string of the molecule is CCC(Sc1cccc(NC(=O)/C(=C\c2ccc(OC)cc2)NC(=O)c2ccccc2)c1)C(=O)Nc1nc(-c2ccc3ccccc3c2)cs1. The van der Waals surface area contributed by atoms with Crippen molar-refractivity contribution in [3.05, 3.63) is 144 Å². The molecule has 8 nitrogen and oxygen atoms in total. The number of thioether (sulfide) groups is 1. The lowest BCUT2D eigenvalue weighted by Gasteiger charge is -2.15. The fourth-order valence-corrected chi connectivity index (χ4v) is 6.88. The van der Waals surface area contributed by atoms with Gasteiger partial charge in [-0.3, -0.25) is 14.4 Å². The number of anilines is 2. The van der Waals surface area contributed by atoms with Gasteiger partial charge < -0.3 is 20.7 Å². The fourth-order valence-electron chi connectivity index (χ4n) is 5.14. The van der Waals surface area contributed by atoms with Crippen molar-refractivity contribution in [2.24, 2.45) is 0 Å². The molecule has 0 aliphatic heterocycles. The van der Waals surface area contributed by atoms with Gasteiger partial charge in [0.2, 0.25) is 5.91 Å². The summed E-state index contributed by atoms with van der Waals surface area (Å²) in [6.45, 7) is 1.96. The number of carbonyl (C=O) groups is 3. The fraction of sp³-hybridized carbons (Fsp3) is 0.100. The third-order valence-corrected chi connectivity index (χ3v) is 9.88. The summed E-state index contributed by atoms with van der Waals surface area (Å²) in [5.41, 5.74) is 3.51. The minimum absolute atomic E-state index is 0.0689. The maximum absolute atomic E-state index is 13.6. The van der Waals surface area contributed by atoms with Crippen LogP contribution in [-0.4, -0.2) is 35.1 Å². The number of hydrogen-bond donors (Lipinski definition) is 3. The summed E-state index contributed by atoms with van der Waals surface area (Å²) in [6.07, 6.45) is 2.19. The standard InChI is InChI=1S/C40H34N4O4S2/c1-3-36(39(47)44-40-43-35(25-49-40)30-19-18-27-10-7-8-13-29(27)23-30)50-33-15-9-14-31(24-33)41-38(46)34(22-26-16-20-32(48-2)21-17-26)42-37(45)28-11-5-4-6-12-28/h4-25,36H,3H2,1-2H3,(H,41,46)(H,42,45)(H,43,44,47)/b34-22+. The molecule has 250 valence electrons. The van der Waals surface area contributed by atoms with Gasteiger partial charge in [0, 0.05) is 27.1 Å². The Kier molecular flexibility index (Phi) is 11.0. The van der Waals surface area contributed by atoms with E-state index in [4.69, 9.17) is 4.74 Å². The lowest BCUT2D eigenvalue weighted by atomic mass is 10.1. The number of rotatable bonds is 12. The number of fused-ring (bicyclic) bond motifs is 1. The van der Waals surface area contributed by atoms with E-state index in [1.807, 2.05) is 54.8 Å². The molecule has 10 heteroatoms. The van der Waals surface area contributed by atoms with Gasteiger partial charge in [0.15, 0.2) is 5.13 Å². The number of aromatic nitrogens is 1. The molecule has 50 heavy (non-hydrogen) atoms. The second kappa shape index (κ2) is 16.1. The predicted octanol–water partition coefficient (Wildman–Crippen LogP) is 8.89. The Bertz CT molecular complexity index is 2160. The predicted molar refractivity (Wildman–Crippen MR) is 204 cm³/mol. The molecule has 6 aromatic rings. The number of ether oxygens (including phenoxy) is 1.